The Bertz CT molecular complexity index is 1310. The van der Waals surface area contributed by atoms with E-state index in [1.165, 1.54) is 0 Å². The minimum Gasteiger partial charge on any atom is -0.482 e. The Hall–Kier alpha value is -1.99. The molecule has 8 rings (SSSR count). The molecule has 0 radical (unpaired) electrons. The van der Waals surface area contributed by atoms with Crippen LogP contribution in [-0.4, -0.2) is 99.2 Å². The van der Waals surface area contributed by atoms with Crippen LogP contribution in [0.1, 0.15) is 64.5 Å². The molecule has 12 atom stereocenters. The number of aliphatic carboxylic acids is 1. The Balaban J connectivity index is 1.36. The number of hydrogen-bond donors (Lipinski definition) is 6. The number of nitrogens with one attached hydrogen (secondary N) is 1. The fourth-order valence-electron chi connectivity index (χ4n) is 9.88. The number of carboxylic acids is 1. The molecular formula is C31H43NO10. The number of fused-ring (bicyclic) bond motifs is 2. The normalized spacial score (nSPS) is 46.4. The van der Waals surface area contributed by atoms with Crippen LogP contribution in [0.25, 0.3) is 0 Å². The van der Waals surface area contributed by atoms with E-state index in [2.05, 4.69) is 26.1 Å². The summed E-state index contributed by atoms with van der Waals surface area (Å²) in [4.78, 5) is 11.7. The number of aliphatic hydroxyl groups is 4. The van der Waals surface area contributed by atoms with Gasteiger partial charge < -0.3 is 49.8 Å². The molecule has 0 aromatic heterocycles. The second-order valence-electron chi connectivity index (χ2n) is 14.7. The fraction of sp³-hybridized carbons (Fsp3) is 0.774. The second kappa shape index (κ2) is 8.80. The average Bonchev–Trinajstić information content (AvgIpc) is 3.30. The van der Waals surface area contributed by atoms with E-state index in [1.807, 2.05) is 13.0 Å². The van der Waals surface area contributed by atoms with Gasteiger partial charge in [-0.3, -0.25) is 0 Å². The van der Waals surface area contributed by atoms with E-state index in [9.17, 15) is 30.3 Å². The predicted molar refractivity (Wildman–Crippen MR) is 147 cm³/mol. The van der Waals surface area contributed by atoms with Crippen molar-refractivity contribution in [2.75, 3.05) is 13.7 Å². The summed E-state index contributed by atoms with van der Waals surface area (Å²) in [5.41, 5.74) is -0.637. The van der Waals surface area contributed by atoms with Gasteiger partial charge in [0.1, 0.15) is 30.0 Å². The first-order chi connectivity index (χ1) is 19.7. The highest BCUT2D eigenvalue weighted by Crippen LogP contribution is 2.77. The van der Waals surface area contributed by atoms with Gasteiger partial charge in [-0.05, 0) is 62.6 Å². The van der Waals surface area contributed by atoms with Gasteiger partial charge in [-0.25, -0.2) is 4.79 Å². The van der Waals surface area contributed by atoms with Gasteiger partial charge in [0.25, 0.3) is 0 Å². The summed E-state index contributed by atoms with van der Waals surface area (Å²) in [6.45, 7) is 8.92. The second-order valence-corrected chi connectivity index (χ2v) is 14.7. The third-order valence-electron chi connectivity index (χ3n) is 12.4. The van der Waals surface area contributed by atoms with Crippen molar-refractivity contribution in [3.63, 3.8) is 0 Å². The van der Waals surface area contributed by atoms with Gasteiger partial charge in [-0.2, -0.15) is 0 Å². The molecule has 232 valence electrons. The van der Waals surface area contributed by atoms with Crippen molar-refractivity contribution in [3.05, 3.63) is 23.3 Å². The quantitative estimate of drug-likeness (QED) is 0.288. The molecule has 0 amide bonds. The molecular weight excluding hydrogens is 546 g/mol. The molecule has 3 saturated carbocycles. The SMILES string of the molecule is CO[C@]12CC[C@@]3(C[C@@H]1[C@](C)(O)C(C)(C)C)[C@H]1Cc4ccc(O[C@@H]5O[C@@H](C(=O)O)[C@@H](O)[C@H](O)[C@@H]5O)c5c4[C@@]3(CCN1)[C@H]2O5. The van der Waals surface area contributed by atoms with Gasteiger partial charge in [-0.1, -0.05) is 26.8 Å². The number of hydrogen-bond acceptors (Lipinski definition) is 10. The molecule has 2 spiro atoms. The zero-order chi connectivity index (χ0) is 30.2. The standard InChI is InChI=1S/C31H43NO10/c1-27(2,3)28(4,38)16-13-29-8-9-31(16,39-5)26-30(29)10-11-32-17(29)12-14-6-7-15(22(42-26)18(14)30)40-25-21(35)19(33)20(34)23(41-25)24(36)37/h6-7,16-17,19-21,23,25-26,32-35,38H,8-13H2,1-5H3,(H,36,37)/t16-,17-,19+,20+,21+,23-,25-,26-,28+,29-,30+,31-/m1/s1. The molecule has 7 aliphatic rings. The number of aliphatic hydroxyl groups excluding tert-OH is 3. The molecule has 4 bridgehead atoms. The van der Waals surface area contributed by atoms with Gasteiger partial charge in [0.05, 0.1) is 5.60 Å². The Labute approximate surface area is 245 Å². The molecule has 3 heterocycles. The van der Waals surface area contributed by atoms with Crippen LogP contribution in [0.3, 0.4) is 0 Å². The zero-order valence-corrected chi connectivity index (χ0v) is 24.8. The Morgan fingerprint density at radius 1 is 1.07 bits per heavy atom. The highest BCUT2D eigenvalue weighted by atomic mass is 16.7. The highest BCUT2D eigenvalue weighted by Gasteiger charge is 2.81. The first-order valence-electron chi connectivity index (χ1n) is 15.1. The van der Waals surface area contributed by atoms with Crippen molar-refractivity contribution < 1.29 is 49.3 Å². The number of carbonyl (C=O) groups is 1. The van der Waals surface area contributed by atoms with E-state index < -0.39 is 64.8 Å². The van der Waals surface area contributed by atoms with E-state index in [1.54, 1.807) is 13.2 Å². The molecule has 11 heteroatoms. The minimum absolute atomic E-state index is 0.192. The van der Waals surface area contributed by atoms with Crippen molar-refractivity contribution in [1.29, 1.82) is 0 Å². The molecule has 1 aromatic carbocycles. The van der Waals surface area contributed by atoms with Gasteiger partial charge in [0.15, 0.2) is 17.6 Å². The highest BCUT2D eigenvalue weighted by molar-refractivity contribution is 5.73. The lowest BCUT2D eigenvalue weighted by molar-refractivity contribution is -0.303. The summed E-state index contributed by atoms with van der Waals surface area (Å²) in [5.74, 6) is -0.895. The molecule has 0 unspecified atom stereocenters. The number of piperidine rings is 1. The van der Waals surface area contributed by atoms with Gasteiger partial charge in [-0.15, -0.1) is 0 Å². The Morgan fingerprint density at radius 3 is 2.48 bits per heavy atom. The first kappa shape index (κ1) is 28.8. The number of methoxy groups -OCH3 is 1. The topological polar surface area (TPSA) is 167 Å². The maximum atomic E-state index is 12.2. The third kappa shape index (κ3) is 3.23. The van der Waals surface area contributed by atoms with Crippen molar-refractivity contribution >= 4 is 5.97 Å². The smallest absolute Gasteiger partial charge is 0.335 e. The molecule has 4 aliphatic carbocycles. The number of carboxylic acid groups (broad SMARTS) is 1. The van der Waals surface area contributed by atoms with Crippen LogP contribution >= 0.6 is 0 Å². The monoisotopic (exact) mass is 589 g/mol. The summed E-state index contributed by atoms with van der Waals surface area (Å²) in [6, 6.07) is 3.94. The van der Waals surface area contributed by atoms with Crippen LogP contribution in [0.5, 0.6) is 11.5 Å². The van der Waals surface area contributed by atoms with Crippen molar-refractivity contribution in [3.8, 4) is 11.5 Å². The minimum atomic E-state index is -1.81. The lowest BCUT2D eigenvalue weighted by Gasteiger charge is -2.74. The van der Waals surface area contributed by atoms with Crippen LogP contribution in [0.15, 0.2) is 12.1 Å². The van der Waals surface area contributed by atoms with Crippen LogP contribution in [0, 0.1) is 16.7 Å². The first-order valence-corrected chi connectivity index (χ1v) is 15.1. The van der Waals surface area contributed by atoms with Gasteiger partial charge in [0, 0.05) is 35.5 Å². The lowest BCUT2D eigenvalue weighted by atomic mass is 9.33. The summed E-state index contributed by atoms with van der Waals surface area (Å²) in [6.07, 6.45) is -4.97. The van der Waals surface area contributed by atoms with E-state index in [4.69, 9.17) is 18.9 Å². The molecule has 1 aromatic rings. The molecule has 6 N–H and O–H groups in total. The third-order valence-corrected chi connectivity index (χ3v) is 12.4. The van der Waals surface area contributed by atoms with Crippen LogP contribution < -0.4 is 14.8 Å². The summed E-state index contributed by atoms with van der Waals surface area (Å²) >= 11 is 0. The zero-order valence-electron chi connectivity index (χ0n) is 24.8. The van der Waals surface area contributed by atoms with Crippen molar-refractivity contribution in [2.24, 2.45) is 16.7 Å². The lowest BCUT2D eigenvalue weighted by Crippen LogP contribution is -2.83. The maximum absolute atomic E-state index is 12.2. The van der Waals surface area contributed by atoms with E-state index in [0.29, 0.717) is 5.75 Å². The van der Waals surface area contributed by atoms with Crippen molar-refractivity contribution in [2.45, 2.75) is 119 Å². The molecule has 11 nitrogen and oxygen atoms in total. The Morgan fingerprint density at radius 2 is 1.81 bits per heavy atom. The number of rotatable bonds is 5. The van der Waals surface area contributed by atoms with Gasteiger partial charge in [0.2, 0.25) is 6.29 Å². The molecule has 2 saturated heterocycles. The van der Waals surface area contributed by atoms with Crippen LogP contribution in [-0.2, 0) is 26.1 Å². The van der Waals surface area contributed by atoms with E-state index >= 15 is 0 Å². The molecule has 3 aliphatic heterocycles. The summed E-state index contributed by atoms with van der Waals surface area (Å²) in [5, 5.41) is 56.8. The molecule has 5 fully saturated rings. The van der Waals surface area contributed by atoms with E-state index in [0.717, 1.165) is 49.8 Å². The summed E-state index contributed by atoms with van der Waals surface area (Å²) in [7, 11) is 1.72. The number of ether oxygens (including phenoxy) is 4. The maximum Gasteiger partial charge on any atom is 0.335 e. The number of benzene rings is 1. The van der Waals surface area contributed by atoms with Crippen LogP contribution in [0.4, 0.5) is 0 Å². The molecule has 42 heavy (non-hydrogen) atoms. The van der Waals surface area contributed by atoms with Crippen LogP contribution in [0.2, 0.25) is 0 Å². The predicted octanol–water partition coefficient (Wildman–Crippen LogP) is 0.857. The average molecular weight is 590 g/mol. The Kier molecular flexibility index (Phi) is 6.03. The van der Waals surface area contributed by atoms with Crippen molar-refractivity contribution in [1.82, 2.24) is 5.32 Å². The van der Waals surface area contributed by atoms with Gasteiger partial charge >= 0.3 is 5.97 Å². The summed E-state index contributed by atoms with van der Waals surface area (Å²) < 4.78 is 25.1. The fourth-order valence-corrected chi connectivity index (χ4v) is 9.88. The largest absolute Gasteiger partial charge is 0.482 e. The van der Waals surface area contributed by atoms with E-state index in [-0.39, 0.29) is 23.1 Å².